The predicted octanol–water partition coefficient (Wildman–Crippen LogP) is 1.88. The summed E-state index contributed by atoms with van der Waals surface area (Å²) in [6.07, 6.45) is 3.93. The van der Waals surface area contributed by atoms with E-state index in [0.29, 0.717) is 18.0 Å². The van der Waals surface area contributed by atoms with Crippen LogP contribution in [0.5, 0.6) is 0 Å². The summed E-state index contributed by atoms with van der Waals surface area (Å²) in [5, 5.41) is 0. The van der Waals surface area contributed by atoms with Gasteiger partial charge in [-0.2, -0.15) is 0 Å². The number of piperidine rings is 1. The zero-order chi connectivity index (χ0) is 11.5. The molecule has 0 aliphatic carbocycles. The summed E-state index contributed by atoms with van der Waals surface area (Å²) in [4.78, 5) is 2.48. The number of hydrogen-bond acceptors (Lipinski definition) is 3. The molecule has 1 aliphatic rings. The number of nitrogens with zero attached hydrogens (tertiary/aromatic N) is 1. The second-order valence-corrected chi connectivity index (χ2v) is 5.06. The maximum absolute atomic E-state index is 6.11. The topological polar surface area (TPSA) is 42.4 Å². The summed E-state index contributed by atoms with van der Waals surface area (Å²) in [6.45, 7) is 6.68. The molecule has 0 bridgehead atoms. The number of hydrogen-bond donors (Lipinski definition) is 1. The number of rotatable bonds is 3. The summed E-state index contributed by atoms with van der Waals surface area (Å²) in [5.74, 6) is 1.73. The molecule has 3 nitrogen and oxygen atoms in total. The molecule has 0 spiro atoms. The van der Waals surface area contributed by atoms with E-state index in [9.17, 15) is 0 Å². The van der Waals surface area contributed by atoms with E-state index in [2.05, 4.69) is 18.7 Å². The minimum Gasteiger partial charge on any atom is -0.469 e. The highest BCUT2D eigenvalue weighted by Gasteiger charge is 2.26. The zero-order valence-corrected chi connectivity index (χ0v) is 10.2. The molecule has 1 aromatic rings. The van der Waals surface area contributed by atoms with Crippen molar-refractivity contribution in [1.29, 1.82) is 0 Å². The van der Waals surface area contributed by atoms with Crippen LogP contribution in [0.15, 0.2) is 22.8 Å². The molecule has 16 heavy (non-hydrogen) atoms. The third-order valence-corrected chi connectivity index (χ3v) is 3.75. The van der Waals surface area contributed by atoms with Crippen LogP contribution < -0.4 is 5.73 Å². The summed E-state index contributed by atoms with van der Waals surface area (Å²) in [7, 11) is 0. The molecule has 1 aliphatic heterocycles. The molecule has 0 radical (unpaired) electrons. The van der Waals surface area contributed by atoms with Crippen LogP contribution in [0.3, 0.4) is 0 Å². The highest BCUT2D eigenvalue weighted by Crippen LogP contribution is 2.19. The Hall–Kier alpha value is -0.800. The molecule has 3 unspecified atom stereocenters. The predicted molar refractivity (Wildman–Crippen MR) is 65.2 cm³/mol. The Morgan fingerprint density at radius 2 is 2.44 bits per heavy atom. The van der Waals surface area contributed by atoms with E-state index < -0.39 is 0 Å². The second-order valence-electron chi connectivity index (χ2n) is 5.06. The Labute approximate surface area is 97.6 Å². The standard InChI is InChI=1S/C13H22N2O/c1-10-5-6-15(9-13(10)14)11(2)8-12-4-3-7-16-12/h3-4,7,10-11,13H,5-6,8-9,14H2,1-2H3. The number of likely N-dealkylation sites (tertiary alicyclic amines) is 1. The van der Waals surface area contributed by atoms with Crippen molar-refractivity contribution in [2.75, 3.05) is 13.1 Å². The van der Waals surface area contributed by atoms with Crippen molar-refractivity contribution in [2.45, 2.75) is 38.8 Å². The number of furan rings is 1. The first-order valence-electron chi connectivity index (χ1n) is 6.19. The van der Waals surface area contributed by atoms with E-state index in [1.165, 1.54) is 6.42 Å². The van der Waals surface area contributed by atoms with Gasteiger partial charge in [0.1, 0.15) is 5.76 Å². The first kappa shape index (κ1) is 11.7. The lowest BCUT2D eigenvalue weighted by atomic mass is 9.93. The van der Waals surface area contributed by atoms with Crippen LogP contribution in [0.4, 0.5) is 0 Å². The molecule has 3 heteroatoms. The largest absolute Gasteiger partial charge is 0.469 e. The average molecular weight is 222 g/mol. The van der Waals surface area contributed by atoms with E-state index in [1.807, 2.05) is 12.1 Å². The van der Waals surface area contributed by atoms with Crippen molar-refractivity contribution in [3.8, 4) is 0 Å². The quantitative estimate of drug-likeness (QED) is 0.849. The molecule has 1 saturated heterocycles. The van der Waals surface area contributed by atoms with Crippen LogP contribution in [0.25, 0.3) is 0 Å². The Kier molecular flexibility index (Phi) is 3.66. The average Bonchev–Trinajstić information content (AvgIpc) is 2.74. The van der Waals surface area contributed by atoms with Gasteiger partial charge in [-0.25, -0.2) is 0 Å². The molecule has 0 amide bonds. The minimum atomic E-state index is 0.327. The van der Waals surface area contributed by atoms with Crippen LogP contribution >= 0.6 is 0 Å². The van der Waals surface area contributed by atoms with Gasteiger partial charge in [0.05, 0.1) is 6.26 Å². The highest BCUT2D eigenvalue weighted by atomic mass is 16.3. The van der Waals surface area contributed by atoms with E-state index in [-0.39, 0.29) is 0 Å². The summed E-state index contributed by atoms with van der Waals surface area (Å²) in [5.41, 5.74) is 6.11. The molecule has 0 saturated carbocycles. The fourth-order valence-electron chi connectivity index (χ4n) is 2.37. The van der Waals surface area contributed by atoms with Gasteiger partial charge in [0.15, 0.2) is 0 Å². The zero-order valence-electron chi connectivity index (χ0n) is 10.2. The normalized spacial score (nSPS) is 29.2. The fraction of sp³-hybridized carbons (Fsp3) is 0.692. The molecular weight excluding hydrogens is 200 g/mol. The van der Waals surface area contributed by atoms with Gasteiger partial charge < -0.3 is 10.2 Å². The fourth-order valence-corrected chi connectivity index (χ4v) is 2.37. The lowest BCUT2D eigenvalue weighted by molar-refractivity contribution is 0.125. The van der Waals surface area contributed by atoms with Crippen LogP contribution in [-0.2, 0) is 6.42 Å². The summed E-state index contributed by atoms with van der Waals surface area (Å²) in [6, 6.07) is 4.84. The van der Waals surface area contributed by atoms with Crippen molar-refractivity contribution < 1.29 is 4.42 Å². The van der Waals surface area contributed by atoms with E-state index >= 15 is 0 Å². The molecular formula is C13H22N2O. The molecule has 0 aromatic carbocycles. The van der Waals surface area contributed by atoms with Crippen LogP contribution in [-0.4, -0.2) is 30.1 Å². The Balaban J connectivity index is 1.88. The summed E-state index contributed by atoms with van der Waals surface area (Å²) < 4.78 is 5.39. The Morgan fingerprint density at radius 1 is 1.62 bits per heavy atom. The molecule has 2 N–H and O–H groups in total. The Morgan fingerprint density at radius 3 is 3.06 bits per heavy atom. The monoisotopic (exact) mass is 222 g/mol. The van der Waals surface area contributed by atoms with Gasteiger partial charge >= 0.3 is 0 Å². The molecule has 90 valence electrons. The minimum absolute atomic E-state index is 0.327. The maximum atomic E-state index is 6.11. The van der Waals surface area contributed by atoms with Crippen molar-refractivity contribution in [3.05, 3.63) is 24.2 Å². The SMILES string of the molecule is CC1CCN(C(C)Cc2ccco2)CC1N. The maximum Gasteiger partial charge on any atom is 0.105 e. The third kappa shape index (κ3) is 2.66. The second kappa shape index (κ2) is 5.02. The van der Waals surface area contributed by atoms with Gasteiger partial charge in [-0.15, -0.1) is 0 Å². The summed E-state index contributed by atoms with van der Waals surface area (Å²) >= 11 is 0. The van der Waals surface area contributed by atoms with E-state index in [1.54, 1.807) is 6.26 Å². The lowest BCUT2D eigenvalue weighted by Gasteiger charge is -2.38. The van der Waals surface area contributed by atoms with E-state index in [4.69, 9.17) is 10.2 Å². The third-order valence-electron chi connectivity index (χ3n) is 3.75. The molecule has 3 atom stereocenters. The lowest BCUT2D eigenvalue weighted by Crippen LogP contribution is -2.51. The van der Waals surface area contributed by atoms with Gasteiger partial charge in [-0.3, -0.25) is 4.90 Å². The number of nitrogens with two attached hydrogens (primary N) is 1. The van der Waals surface area contributed by atoms with Crippen molar-refractivity contribution in [1.82, 2.24) is 4.90 Å². The van der Waals surface area contributed by atoms with Crippen LogP contribution in [0.1, 0.15) is 26.0 Å². The van der Waals surface area contributed by atoms with Gasteiger partial charge in [0.2, 0.25) is 0 Å². The first-order valence-corrected chi connectivity index (χ1v) is 6.19. The van der Waals surface area contributed by atoms with Gasteiger partial charge in [0, 0.05) is 25.0 Å². The highest BCUT2D eigenvalue weighted by molar-refractivity contribution is 5.00. The van der Waals surface area contributed by atoms with Gasteiger partial charge in [0.25, 0.3) is 0 Å². The van der Waals surface area contributed by atoms with Crippen molar-refractivity contribution >= 4 is 0 Å². The first-order chi connectivity index (χ1) is 7.66. The van der Waals surface area contributed by atoms with Crippen LogP contribution in [0, 0.1) is 5.92 Å². The molecule has 2 heterocycles. The Bertz CT molecular complexity index is 310. The van der Waals surface area contributed by atoms with Crippen molar-refractivity contribution in [3.63, 3.8) is 0 Å². The molecule has 1 fully saturated rings. The van der Waals surface area contributed by atoms with E-state index in [0.717, 1.165) is 25.3 Å². The molecule has 2 rings (SSSR count). The van der Waals surface area contributed by atoms with Gasteiger partial charge in [-0.05, 0) is 37.9 Å². The molecule has 1 aromatic heterocycles. The van der Waals surface area contributed by atoms with Crippen LogP contribution in [0.2, 0.25) is 0 Å². The van der Waals surface area contributed by atoms with Gasteiger partial charge in [-0.1, -0.05) is 6.92 Å². The van der Waals surface area contributed by atoms with Crippen molar-refractivity contribution in [2.24, 2.45) is 11.7 Å². The smallest absolute Gasteiger partial charge is 0.105 e.